The van der Waals surface area contributed by atoms with Gasteiger partial charge in [0.05, 0.1) is 15.6 Å². The predicted octanol–water partition coefficient (Wildman–Crippen LogP) is 2.85. The maximum absolute atomic E-state index is 12.4. The number of aryl methyl sites for hydroxylation is 1. The summed E-state index contributed by atoms with van der Waals surface area (Å²) in [6.45, 7) is 1.68. The fourth-order valence-electron chi connectivity index (χ4n) is 1.80. The van der Waals surface area contributed by atoms with Gasteiger partial charge in [0.1, 0.15) is 4.90 Å². The third-order valence-electron chi connectivity index (χ3n) is 3.01. The molecule has 0 radical (unpaired) electrons. The van der Waals surface area contributed by atoms with E-state index in [4.69, 9.17) is 11.6 Å². The molecule has 0 spiro atoms. The lowest BCUT2D eigenvalue weighted by atomic mass is 10.2. The monoisotopic (exact) mass is 359 g/mol. The summed E-state index contributed by atoms with van der Waals surface area (Å²) >= 11 is 5.90. The van der Waals surface area contributed by atoms with Crippen molar-refractivity contribution in [2.24, 2.45) is 0 Å². The fraction of sp³-hybridized carbons (Fsp3) is 0.143. The number of rotatable bonds is 4. The second-order valence-corrected chi connectivity index (χ2v) is 8.86. The molecular formula is C14H14ClNO4S2. The van der Waals surface area contributed by atoms with Gasteiger partial charge in [-0.05, 0) is 36.8 Å². The van der Waals surface area contributed by atoms with Crippen molar-refractivity contribution in [3.05, 3.63) is 53.1 Å². The molecule has 0 unspecified atom stereocenters. The van der Waals surface area contributed by atoms with Gasteiger partial charge >= 0.3 is 0 Å². The van der Waals surface area contributed by atoms with Crippen molar-refractivity contribution in [2.75, 3.05) is 11.0 Å². The van der Waals surface area contributed by atoms with Gasteiger partial charge in [0.25, 0.3) is 10.0 Å². The van der Waals surface area contributed by atoms with E-state index in [9.17, 15) is 16.8 Å². The van der Waals surface area contributed by atoms with E-state index in [1.807, 2.05) is 0 Å². The van der Waals surface area contributed by atoms with Crippen LogP contribution in [0, 0.1) is 6.92 Å². The first kappa shape index (κ1) is 16.8. The maximum atomic E-state index is 12.4. The van der Waals surface area contributed by atoms with E-state index in [0.29, 0.717) is 5.56 Å². The zero-order chi connectivity index (χ0) is 16.5. The van der Waals surface area contributed by atoms with Crippen LogP contribution in [0.3, 0.4) is 0 Å². The molecule has 5 nitrogen and oxygen atoms in total. The lowest BCUT2D eigenvalue weighted by Gasteiger charge is -2.12. The molecule has 0 saturated carbocycles. The molecule has 1 N–H and O–H groups in total. The highest BCUT2D eigenvalue weighted by atomic mass is 35.5. The van der Waals surface area contributed by atoms with Crippen molar-refractivity contribution in [2.45, 2.75) is 16.7 Å². The number of nitrogens with one attached hydrogen (secondary N) is 1. The van der Waals surface area contributed by atoms with Gasteiger partial charge in [-0.3, -0.25) is 4.72 Å². The van der Waals surface area contributed by atoms with Crippen LogP contribution < -0.4 is 4.72 Å². The van der Waals surface area contributed by atoms with Gasteiger partial charge in [-0.15, -0.1) is 0 Å². The van der Waals surface area contributed by atoms with Crippen LogP contribution in [0.1, 0.15) is 5.56 Å². The molecule has 0 aliphatic rings. The van der Waals surface area contributed by atoms with Crippen molar-refractivity contribution >= 4 is 37.1 Å². The molecule has 0 heterocycles. The molecule has 8 heteroatoms. The summed E-state index contributed by atoms with van der Waals surface area (Å²) in [4.78, 5) is -0.0317. The predicted molar refractivity (Wildman–Crippen MR) is 86.5 cm³/mol. The standard InChI is InChI=1S/C14H14ClNO4S2/c1-10-7-8-11(21(2,17)18)9-13(10)16-22(19,20)14-6-4-3-5-12(14)15/h3-9,16H,1-2H3. The first-order valence-electron chi connectivity index (χ1n) is 6.19. The summed E-state index contributed by atoms with van der Waals surface area (Å²) in [5.74, 6) is 0. The second kappa shape index (κ2) is 5.91. The van der Waals surface area contributed by atoms with E-state index in [-0.39, 0.29) is 20.5 Å². The first-order chi connectivity index (χ1) is 10.1. The smallest absolute Gasteiger partial charge is 0.263 e. The Balaban J connectivity index is 2.49. The molecule has 118 valence electrons. The Morgan fingerprint density at radius 3 is 2.23 bits per heavy atom. The molecule has 0 fully saturated rings. The quantitative estimate of drug-likeness (QED) is 0.910. The minimum absolute atomic E-state index is 0.0370. The molecule has 2 aromatic carbocycles. The molecule has 0 atom stereocenters. The Kier molecular flexibility index (Phi) is 4.51. The van der Waals surface area contributed by atoms with Crippen molar-refractivity contribution in [1.82, 2.24) is 0 Å². The van der Waals surface area contributed by atoms with Crippen LogP contribution >= 0.6 is 11.6 Å². The van der Waals surface area contributed by atoms with Gasteiger partial charge in [0, 0.05) is 6.26 Å². The van der Waals surface area contributed by atoms with E-state index in [1.165, 1.54) is 24.3 Å². The van der Waals surface area contributed by atoms with Crippen molar-refractivity contribution in [3.63, 3.8) is 0 Å². The van der Waals surface area contributed by atoms with Crippen molar-refractivity contribution in [3.8, 4) is 0 Å². The van der Waals surface area contributed by atoms with Gasteiger partial charge < -0.3 is 0 Å². The van der Waals surface area contributed by atoms with E-state index in [2.05, 4.69) is 4.72 Å². The fourth-order valence-corrected chi connectivity index (χ4v) is 4.09. The summed E-state index contributed by atoms with van der Waals surface area (Å²) in [6.07, 6.45) is 1.06. The SMILES string of the molecule is Cc1ccc(S(C)(=O)=O)cc1NS(=O)(=O)c1ccccc1Cl. The minimum atomic E-state index is -3.91. The van der Waals surface area contributed by atoms with Gasteiger partial charge in [0.15, 0.2) is 9.84 Å². The van der Waals surface area contributed by atoms with E-state index in [0.717, 1.165) is 6.26 Å². The maximum Gasteiger partial charge on any atom is 0.263 e. The Bertz CT molecular complexity index is 922. The average molecular weight is 360 g/mol. The van der Waals surface area contributed by atoms with Crippen LogP contribution in [0.15, 0.2) is 52.3 Å². The topological polar surface area (TPSA) is 80.3 Å². The summed E-state index contributed by atoms with van der Waals surface area (Å²) < 4.78 is 50.3. The van der Waals surface area contributed by atoms with Crippen LogP contribution in [0.5, 0.6) is 0 Å². The Labute approximate surface area is 134 Å². The van der Waals surface area contributed by atoms with Crippen LogP contribution in [0.4, 0.5) is 5.69 Å². The summed E-state index contributed by atoms with van der Waals surface area (Å²) in [5.41, 5.74) is 0.797. The van der Waals surface area contributed by atoms with Crippen LogP contribution in [0.2, 0.25) is 5.02 Å². The zero-order valence-corrected chi connectivity index (χ0v) is 14.3. The molecule has 0 aliphatic carbocycles. The highest BCUT2D eigenvalue weighted by Gasteiger charge is 2.19. The van der Waals surface area contributed by atoms with E-state index in [1.54, 1.807) is 25.1 Å². The van der Waals surface area contributed by atoms with Crippen LogP contribution in [0.25, 0.3) is 0 Å². The Morgan fingerprint density at radius 1 is 1.00 bits per heavy atom. The second-order valence-electron chi connectivity index (χ2n) is 4.78. The average Bonchev–Trinajstić information content (AvgIpc) is 2.40. The number of sulfonamides is 1. The number of anilines is 1. The Morgan fingerprint density at radius 2 is 1.64 bits per heavy atom. The van der Waals surface area contributed by atoms with Gasteiger partial charge in [0.2, 0.25) is 0 Å². The normalized spacial score (nSPS) is 12.1. The third-order valence-corrected chi connectivity index (χ3v) is 5.98. The zero-order valence-electron chi connectivity index (χ0n) is 11.9. The highest BCUT2D eigenvalue weighted by molar-refractivity contribution is 7.93. The first-order valence-corrected chi connectivity index (χ1v) is 9.94. The molecule has 22 heavy (non-hydrogen) atoms. The number of benzene rings is 2. The molecule has 0 amide bonds. The molecule has 2 aromatic rings. The van der Waals surface area contributed by atoms with Gasteiger partial charge in [-0.2, -0.15) is 0 Å². The van der Waals surface area contributed by atoms with Gasteiger partial charge in [-0.25, -0.2) is 16.8 Å². The molecule has 0 aromatic heterocycles. The van der Waals surface area contributed by atoms with Gasteiger partial charge in [-0.1, -0.05) is 29.8 Å². The summed E-state index contributed by atoms with van der Waals surface area (Å²) in [5, 5.41) is 0.0897. The molecule has 0 aliphatic heterocycles. The molecule has 2 rings (SSSR count). The molecular weight excluding hydrogens is 346 g/mol. The number of hydrogen-bond donors (Lipinski definition) is 1. The Hall–Kier alpha value is -1.57. The number of halogens is 1. The van der Waals surface area contributed by atoms with Crippen LogP contribution in [-0.4, -0.2) is 23.1 Å². The molecule has 0 bridgehead atoms. The summed E-state index contributed by atoms with van der Waals surface area (Å²) in [7, 11) is -7.34. The number of hydrogen-bond acceptors (Lipinski definition) is 4. The minimum Gasteiger partial charge on any atom is -0.279 e. The summed E-state index contributed by atoms with van der Waals surface area (Å²) in [6, 6.07) is 10.3. The highest BCUT2D eigenvalue weighted by Crippen LogP contribution is 2.26. The number of sulfone groups is 1. The lowest BCUT2D eigenvalue weighted by molar-refractivity contribution is 0.599. The third kappa shape index (κ3) is 3.60. The molecule has 0 saturated heterocycles. The van der Waals surface area contributed by atoms with Crippen molar-refractivity contribution in [1.29, 1.82) is 0 Å². The largest absolute Gasteiger partial charge is 0.279 e. The van der Waals surface area contributed by atoms with Crippen molar-refractivity contribution < 1.29 is 16.8 Å². The lowest BCUT2D eigenvalue weighted by Crippen LogP contribution is -2.14. The van der Waals surface area contributed by atoms with Crippen LogP contribution in [-0.2, 0) is 19.9 Å². The van der Waals surface area contributed by atoms with E-state index >= 15 is 0 Å². The van der Waals surface area contributed by atoms with E-state index < -0.39 is 19.9 Å².